The fraction of sp³-hybridized carbons (Fsp3) is 0.212. The molecule has 0 spiro atoms. The van der Waals surface area contributed by atoms with E-state index in [2.05, 4.69) is 119 Å². The molecule has 0 aliphatic carbocycles. The van der Waals surface area contributed by atoms with Gasteiger partial charge in [-0.25, -0.2) is 0 Å². The van der Waals surface area contributed by atoms with Crippen LogP contribution in [0.3, 0.4) is 0 Å². The van der Waals surface area contributed by atoms with E-state index < -0.39 is 0 Å². The van der Waals surface area contributed by atoms with E-state index in [1.807, 2.05) is 0 Å². The molecule has 0 saturated heterocycles. The monoisotopic (exact) mass is 430 g/mol. The molecule has 0 atom stereocenters. The Bertz CT molecular complexity index is 1210. The van der Waals surface area contributed by atoms with Crippen LogP contribution in [-0.2, 0) is 6.42 Å². The molecule has 3 aromatic carbocycles. The number of hydrogen-bond acceptors (Lipinski definition) is 0. The average Bonchev–Trinajstić information content (AvgIpc) is 2.83. The van der Waals surface area contributed by atoms with Gasteiger partial charge in [-0.1, -0.05) is 103 Å². The summed E-state index contributed by atoms with van der Waals surface area (Å²) in [7, 11) is 0. The normalized spacial score (nSPS) is 11.8. The van der Waals surface area contributed by atoms with Gasteiger partial charge in [-0.2, -0.15) is 0 Å². The van der Waals surface area contributed by atoms with Crippen LogP contribution in [0.5, 0.6) is 0 Å². The molecule has 0 unspecified atom stereocenters. The van der Waals surface area contributed by atoms with Gasteiger partial charge in [0.2, 0.25) is 0 Å². The summed E-state index contributed by atoms with van der Waals surface area (Å²) in [5, 5.41) is 0. The molecule has 33 heavy (non-hydrogen) atoms. The molecule has 0 heteroatoms. The Balaban J connectivity index is 1.99. The molecule has 0 fully saturated rings. The Kier molecular flexibility index (Phi) is 8.28. The molecule has 0 radical (unpaired) electrons. The first kappa shape index (κ1) is 24.1. The van der Waals surface area contributed by atoms with Gasteiger partial charge in [0.15, 0.2) is 0 Å². The third kappa shape index (κ3) is 6.24. The molecule has 0 aliphatic heterocycles. The van der Waals surface area contributed by atoms with Gasteiger partial charge in [0.25, 0.3) is 0 Å². The molecule has 0 bridgehead atoms. The molecule has 0 amide bonds. The predicted molar refractivity (Wildman–Crippen MR) is 145 cm³/mol. The highest BCUT2D eigenvalue weighted by Gasteiger charge is 2.12. The van der Waals surface area contributed by atoms with Crippen LogP contribution in [0.1, 0.15) is 58.7 Å². The van der Waals surface area contributed by atoms with Crippen molar-refractivity contribution in [1.82, 2.24) is 0 Å². The maximum absolute atomic E-state index is 5.65. The van der Waals surface area contributed by atoms with Crippen LogP contribution in [0, 0.1) is 33.1 Å². The zero-order chi connectivity index (χ0) is 23.8. The average molecular weight is 431 g/mol. The van der Waals surface area contributed by atoms with E-state index in [4.69, 9.17) is 6.42 Å². The second kappa shape index (κ2) is 11.3. The number of benzene rings is 3. The van der Waals surface area contributed by atoms with Crippen molar-refractivity contribution in [3.63, 3.8) is 0 Å². The zero-order valence-electron chi connectivity index (χ0n) is 20.4. The lowest BCUT2D eigenvalue weighted by Crippen LogP contribution is -1.95. The fourth-order valence-electron chi connectivity index (χ4n) is 3.94. The van der Waals surface area contributed by atoms with Crippen LogP contribution >= 0.6 is 0 Å². The Hall–Kier alpha value is -3.56. The van der Waals surface area contributed by atoms with Gasteiger partial charge < -0.3 is 0 Å². The molecule has 0 aromatic heterocycles. The first-order valence-electron chi connectivity index (χ1n) is 11.7. The number of hydrogen-bond donors (Lipinski definition) is 0. The first-order chi connectivity index (χ1) is 15.9. The van der Waals surface area contributed by atoms with Crippen molar-refractivity contribution in [3.05, 3.63) is 130 Å². The molecule has 0 saturated carbocycles. The maximum atomic E-state index is 5.65. The first-order valence-corrected chi connectivity index (χ1v) is 11.7. The standard InChI is InChI=1S/C33H34/c1-7-26(5)33(31-21-15-25(4)16-22-31)32(30-19-13-24(3)14-20-30)12-10-9-11-28-18-17-27(6)29(8-2)23-28/h2,10,12-23H,5,7,9,11H2,1,3-4,6H3/b12-10-,33-32-. The Morgan fingerprint density at radius 2 is 1.48 bits per heavy atom. The lowest BCUT2D eigenvalue weighted by Gasteiger charge is -2.16. The minimum Gasteiger partial charge on any atom is -0.115 e. The molecular formula is C33H34. The smallest absolute Gasteiger partial charge is 0.0274 e. The van der Waals surface area contributed by atoms with Gasteiger partial charge in [-0.05, 0) is 85.1 Å². The summed E-state index contributed by atoms with van der Waals surface area (Å²) < 4.78 is 0. The number of allylic oxidation sites excluding steroid dienone is 5. The molecule has 3 aromatic rings. The Morgan fingerprint density at radius 1 is 0.879 bits per heavy atom. The molecule has 166 valence electrons. The van der Waals surface area contributed by atoms with Gasteiger partial charge in [-0.3, -0.25) is 0 Å². The Labute approximate surface area is 200 Å². The van der Waals surface area contributed by atoms with E-state index in [9.17, 15) is 0 Å². The minimum atomic E-state index is 0.907. The summed E-state index contributed by atoms with van der Waals surface area (Å²) in [6, 6.07) is 24.0. The highest BCUT2D eigenvalue weighted by atomic mass is 14.2. The van der Waals surface area contributed by atoms with Crippen molar-refractivity contribution in [2.45, 2.75) is 47.0 Å². The van der Waals surface area contributed by atoms with Crippen LogP contribution in [0.15, 0.2) is 91.0 Å². The number of terminal acetylenes is 1. The SMILES string of the molecule is C#Cc1cc(CC/C=C\C(=C(/C(=C)CC)c2ccc(C)cc2)c2ccc(C)cc2)ccc1C. The van der Waals surface area contributed by atoms with E-state index in [-0.39, 0.29) is 0 Å². The summed E-state index contributed by atoms with van der Waals surface area (Å²) >= 11 is 0. The fourth-order valence-corrected chi connectivity index (χ4v) is 3.94. The molecule has 0 nitrogen and oxygen atoms in total. The highest BCUT2D eigenvalue weighted by molar-refractivity contribution is 6.01. The second-order valence-corrected chi connectivity index (χ2v) is 8.71. The Morgan fingerprint density at radius 3 is 2.06 bits per heavy atom. The largest absolute Gasteiger partial charge is 0.115 e. The molecular weight excluding hydrogens is 396 g/mol. The summed E-state index contributed by atoms with van der Waals surface area (Å²) in [6.45, 7) is 12.9. The number of aryl methyl sites for hydroxylation is 4. The minimum absolute atomic E-state index is 0.907. The van der Waals surface area contributed by atoms with Crippen molar-refractivity contribution < 1.29 is 0 Å². The zero-order valence-corrected chi connectivity index (χ0v) is 20.4. The quantitative estimate of drug-likeness (QED) is 0.190. The highest BCUT2D eigenvalue weighted by Crippen LogP contribution is 2.34. The number of rotatable bonds is 8. The third-order valence-corrected chi connectivity index (χ3v) is 6.09. The topological polar surface area (TPSA) is 0 Å². The van der Waals surface area contributed by atoms with Crippen molar-refractivity contribution in [1.29, 1.82) is 0 Å². The van der Waals surface area contributed by atoms with E-state index in [0.717, 1.165) is 36.0 Å². The van der Waals surface area contributed by atoms with E-state index in [1.54, 1.807) is 0 Å². The maximum Gasteiger partial charge on any atom is 0.0274 e. The van der Waals surface area contributed by atoms with Gasteiger partial charge in [-0.15, -0.1) is 6.42 Å². The van der Waals surface area contributed by atoms with E-state index in [1.165, 1.54) is 39.0 Å². The summed E-state index contributed by atoms with van der Waals surface area (Å²) in [5.74, 6) is 2.79. The molecule has 0 N–H and O–H groups in total. The van der Waals surface area contributed by atoms with Crippen molar-refractivity contribution in [3.8, 4) is 12.3 Å². The molecule has 3 rings (SSSR count). The summed E-state index contributed by atoms with van der Waals surface area (Å²) in [4.78, 5) is 0. The van der Waals surface area contributed by atoms with Crippen molar-refractivity contribution in [2.75, 3.05) is 0 Å². The van der Waals surface area contributed by atoms with Crippen LogP contribution in [0.25, 0.3) is 11.1 Å². The lowest BCUT2D eigenvalue weighted by atomic mass is 9.88. The van der Waals surface area contributed by atoms with Crippen LogP contribution in [0.2, 0.25) is 0 Å². The van der Waals surface area contributed by atoms with Crippen molar-refractivity contribution >= 4 is 11.1 Å². The van der Waals surface area contributed by atoms with Gasteiger partial charge in [0.05, 0.1) is 0 Å². The summed E-state index contributed by atoms with van der Waals surface area (Å²) in [6.07, 6.45) is 13.0. The molecule has 0 heterocycles. The van der Waals surface area contributed by atoms with E-state index >= 15 is 0 Å². The van der Waals surface area contributed by atoms with Gasteiger partial charge >= 0.3 is 0 Å². The van der Waals surface area contributed by atoms with Gasteiger partial charge in [0.1, 0.15) is 0 Å². The van der Waals surface area contributed by atoms with Crippen LogP contribution < -0.4 is 0 Å². The second-order valence-electron chi connectivity index (χ2n) is 8.71. The lowest BCUT2D eigenvalue weighted by molar-refractivity contribution is 0.999. The van der Waals surface area contributed by atoms with Crippen molar-refractivity contribution in [2.24, 2.45) is 0 Å². The third-order valence-electron chi connectivity index (χ3n) is 6.09. The molecule has 0 aliphatic rings. The summed E-state index contributed by atoms with van der Waals surface area (Å²) in [5.41, 5.74) is 12.0. The van der Waals surface area contributed by atoms with E-state index in [0.29, 0.717) is 0 Å². The predicted octanol–water partition coefficient (Wildman–Crippen LogP) is 8.66. The van der Waals surface area contributed by atoms with Crippen LogP contribution in [-0.4, -0.2) is 0 Å². The van der Waals surface area contributed by atoms with Gasteiger partial charge in [0, 0.05) is 5.56 Å². The van der Waals surface area contributed by atoms with Crippen LogP contribution in [0.4, 0.5) is 0 Å².